The number of hydrogen-bond donors (Lipinski definition) is 1. The first-order valence-electron chi connectivity index (χ1n) is 5.38. The molecule has 2 amide bonds. The summed E-state index contributed by atoms with van der Waals surface area (Å²) in [7, 11) is 0. The van der Waals surface area contributed by atoms with E-state index >= 15 is 0 Å². The Morgan fingerprint density at radius 3 is 2.17 bits per heavy atom. The van der Waals surface area contributed by atoms with Crippen molar-refractivity contribution in [2.45, 2.75) is 20.8 Å². The van der Waals surface area contributed by atoms with Gasteiger partial charge in [0, 0.05) is 11.1 Å². The van der Waals surface area contributed by atoms with E-state index in [-0.39, 0.29) is 11.8 Å². The third-order valence-corrected chi connectivity index (χ3v) is 3.67. The number of carbonyl (C=O) groups excluding carboxylic acids is 2. The van der Waals surface area contributed by atoms with E-state index in [1.165, 1.54) is 0 Å². The maximum absolute atomic E-state index is 11.8. The maximum atomic E-state index is 11.8. The minimum Gasteiger partial charge on any atom is -0.271 e. The first-order valence-corrected chi connectivity index (χ1v) is 6.17. The lowest BCUT2D eigenvalue weighted by atomic mass is 10.2. The lowest BCUT2D eigenvalue weighted by molar-refractivity contribution is -0.135. The summed E-state index contributed by atoms with van der Waals surface area (Å²) < 4.78 is 0.674. The van der Waals surface area contributed by atoms with Crippen molar-refractivity contribution in [2.75, 3.05) is 5.43 Å². The van der Waals surface area contributed by atoms with E-state index in [1.807, 2.05) is 13.0 Å². The predicted molar refractivity (Wildman–Crippen MR) is 70.5 cm³/mol. The third-order valence-electron chi connectivity index (χ3n) is 2.87. The number of hydrazine groups is 1. The number of halogens is 1. The molecule has 2 heterocycles. The third kappa shape index (κ3) is 2.03. The minimum atomic E-state index is -0.337. The summed E-state index contributed by atoms with van der Waals surface area (Å²) in [5.41, 5.74) is 4.61. The second-order valence-corrected chi connectivity index (χ2v) is 4.86. The van der Waals surface area contributed by atoms with Crippen LogP contribution in [0, 0.1) is 6.92 Å². The van der Waals surface area contributed by atoms with Gasteiger partial charge in [-0.2, -0.15) is 5.01 Å². The van der Waals surface area contributed by atoms with Crippen LogP contribution in [0.5, 0.6) is 0 Å². The fourth-order valence-corrected chi connectivity index (χ4v) is 1.85. The molecule has 0 saturated carbocycles. The number of pyridine rings is 1. The molecule has 0 radical (unpaired) electrons. The van der Waals surface area contributed by atoms with E-state index in [9.17, 15) is 9.59 Å². The summed E-state index contributed by atoms with van der Waals surface area (Å²) in [5.74, 6) is -0.233. The fourth-order valence-electron chi connectivity index (χ4n) is 1.53. The summed E-state index contributed by atoms with van der Waals surface area (Å²) in [5, 5.41) is 0.981. The Hall–Kier alpha value is -1.69. The average Bonchev–Trinajstić information content (AvgIpc) is 2.52. The normalized spacial score (nSPS) is 15.7. The second kappa shape index (κ2) is 4.53. The van der Waals surface area contributed by atoms with Crippen LogP contribution in [0.15, 0.2) is 27.9 Å². The lowest BCUT2D eigenvalue weighted by Crippen LogP contribution is -2.37. The molecule has 6 heteroatoms. The Morgan fingerprint density at radius 1 is 1.11 bits per heavy atom. The van der Waals surface area contributed by atoms with E-state index in [2.05, 4.69) is 26.3 Å². The molecular formula is C12H12BrN3O2. The molecular weight excluding hydrogens is 298 g/mol. The van der Waals surface area contributed by atoms with Crippen molar-refractivity contribution in [1.29, 1.82) is 0 Å². The van der Waals surface area contributed by atoms with Crippen LogP contribution in [0.2, 0.25) is 0 Å². The van der Waals surface area contributed by atoms with Crippen LogP contribution >= 0.6 is 15.9 Å². The molecule has 0 aromatic carbocycles. The number of nitrogens with one attached hydrogen (secondary N) is 1. The number of anilines is 1. The second-order valence-electron chi connectivity index (χ2n) is 4.11. The minimum absolute atomic E-state index is 0.337. The molecule has 0 atom stereocenters. The van der Waals surface area contributed by atoms with Gasteiger partial charge >= 0.3 is 0 Å². The SMILES string of the molecule is CC1=C(C)C(=O)N(Nc2ccc(C)c(Br)n2)C1=O. The highest BCUT2D eigenvalue weighted by Crippen LogP contribution is 2.22. The molecule has 0 unspecified atom stereocenters. The van der Waals surface area contributed by atoms with Gasteiger partial charge in [-0.15, -0.1) is 0 Å². The van der Waals surface area contributed by atoms with E-state index in [1.54, 1.807) is 19.9 Å². The predicted octanol–water partition coefficient (Wildman–Crippen LogP) is 2.18. The molecule has 1 N–H and O–H groups in total. The van der Waals surface area contributed by atoms with Gasteiger partial charge < -0.3 is 0 Å². The average molecular weight is 310 g/mol. The molecule has 0 fully saturated rings. The van der Waals surface area contributed by atoms with Crippen molar-refractivity contribution in [3.8, 4) is 0 Å². The van der Waals surface area contributed by atoms with Gasteiger partial charge in [0.2, 0.25) is 0 Å². The van der Waals surface area contributed by atoms with Gasteiger partial charge in [-0.25, -0.2) is 4.98 Å². The standard InChI is InChI=1S/C12H12BrN3O2/c1-6-4-5-9(14-10(6)13)15-16-11(17)7(2)8(3)12(16)18/h4-5H,1-3H3,(H,14,15). The molecule has 0 aliphatic carbocycles. The molecule has 0 spiro atoms. The molecule has 18 heavy (non-hydrogen) atoms. The summed E-state index contributed by atoms with van der Waals surface area (Å²) in [4.78, 5) is 27.9. The van der Waals surface area contributed by atoms with Crippen molar-refractivity contribution in [1.82, 2.24) is 9.99 Å². The van der Waals surface area contributed by atoms with Gasteiger partial charge in [-0.3, -0.25) is 15.0 Å². The number of hydrogen-bond acceptors (Lipinski definition) is 4. The van der Waals surface area contributed by atoms with Gasteiger partial charge in [0.1, 0.15) is 10.4 Å². The number of amides is 2. The molecule has 5 nitrogen and oxygen atoms in total. The van der Waals surface area contributed by atoms with Crippen LogP contribution in [0.3, 0.4) is 0 Å². The maximum Gasteiger partial charge on any atom is 0.275 e. The van der Waals surface area contributed by atoms with E-state index in [0.29, 0.717) is 21.6 Å². The molecule has 1 aliphatic rings. The van der Waals surface area contributed by atoms with Gasteiger partial charge in [0.25, 0.3) is 11.8 Å². The van der Waals surface area contributed by atoms with Crippen molar-refractivity contribution < 1.29 is 9.59 Å². The van der Waals surface area contributed by atoms with Crippen LogP contribution in [0.25, 0.3) is 0 Å². The highest BCUT2D eigenvalue weighted by molar-refractivity contribution is 9.10. The Labute approximate surface area is 113 Å². The number of imide groups is 1. The summed E-state index contributed by atoms with van der Waals surface area (Å²) in [6.45, 7) is 5.17. The fraction of sp³-hybridized carbons (Fsp3) is 0.250. The zero-order valence-electron chi connectivity index (χ0n) is 10.2. The van der Waals surface area contributed by atoms with Crippen LogP contribution < -0.4 is 5.43 Å². The van der Waals surface area contributed by atoms with Gasteiger partial charge in [-0.1, -0.05) is 6.07 Å². The molecule has 94 valence electrons. The Morgan fingerprint density at radius 2 is 1.67 bits per heavy atom. The Balaban J connectivity index is 2.24. The van der Waals surface area contributed by atoms with E-state index in [4.69, 9.17) is 0 Å². The summed E-state index contributed by atoms with van der Waals surface area (Å²) >= 11 is 3.30. The van der Waals surface area contributed by atoms with Crippen molar-refractivity contribution in [3.05, 3.63) is 33.4 Å². The molecule has 1 aromatic rings. The van der Waals surface area contributed by atoms with Gasteiger partial charge in [0.15, 0.2) is 0 Å². The lowest BCUT2D eigenvalue weighted by Gasteiger charge is -2.16. The summed E-state index contributed by atoms with van der Waals surface area (Å²) in [6.07, 6.45) is 0. The first kappa shape index (κ1) is 12.8. The summed E-state index contributed by atoms with van der Waals surface area (Å²) in [6, 6.07) is 3.56. The van der Waals surface area contributed by atoms with Crippen molar-refractivity contribution in [2.24, 2.45) is 0 Å². The van der Waals surface area contributed by atoms with Gasteiger partial charge in [0.05, 0.1) is 0 Å². The van der Waals surface area contributed by atoms with Crippen molar-refractivity contribution >= 4 is 33.6 Å². The van der Waals surface area contributed by atoms with E-state index in [0.717, 1.165) is 10.6 Å². The zero-order valence-corrected chi connectivity index (χ0v) is 11.8. The number of aromatic nitrogens is 1. The Kier molecular flexibility index (Phi) is 3.21. The Bertz CT molecular complexity index is 557. The van der Waals surface area contributed by atoms with Crippen molar-refractivity contribution in [3.63, 3.8) is 0 Å². The van der Waals surface area contributed by atoms with Crippen LogP contribution in [-0.4, -0.2) is 21.8 Å². The number of aryl methyl sites for hydroxylation is 1. The molecule has 0 bridgehead atoms. The van der Waals surface area contributed by atoms with E-state index < -0.39 is 0 Å². The van der Waals surface area contributed by atoms with Crippen LogP contribution in [-0.2, 0) is 9.59 Å². The number of carbonyl (C=O) groups is 2. The largest absolute Gasteiger partial charge is 0.275 e. The first-order chi connectivity index (χ1) is 8.41. The topological polar surface area (TPSA) is 62.3 Å². The quantitative estimate of drug-likeness (QED) is 0.672. The highest BCUT2D eigenvalue weighted by Gasteiger charge is 2.33. The molecule has 2 rings (SSSR count). The van der Waals surface area contributed by atoms with Crippen LogP contribution in [0.4, 0.5) is 5.82 Å². The zero-order chi connectivity index (χ0) is 13.4. The number of nitrogens with zero attached hydrogens (tertiary/aromatic N) is 2. The molecule has 1 aromatic heterocycles. The monoisotopic (exact) mass is 309 g/mol. The smallest absolute Gasteiger partial charge is 0.271 e. The highest BCUT2D eigenvalue weighted by atomic mass is 79.9. The molecule has 1 aliphatic heterocycles. The van der Waals surface area contributed by atoms with Gasteiger partial charge in [-0.05, 0) is 48.3 Å². The van der Waals surface area contributed by atoms with Crippen LogP contribution in [0.1, 0.15) is 19.4 Å². The number of rotatable bonds is 2. The molecule has 0 saturated heterocycles.